The number of hydrogen-bond acceptors (Lipinski definition) is 7. The van der Waals surface area contributed by atoms with E-state index in [0.717, 1.165) is 55.2 Å². The van der Waals surface area contributed by atoms with E-state index in [4.69, 9.17) is 18.9 Å². The van der Waals surface area contributed by atoms with Gasteiger partial charge in [-0.25, -0.2) is 4.79 Å². The van der Waals surface area contributed by atoms with Crippen LogP contribution < -0.4 is 19.7 Å². The van der Waals surface area contributed by atoms with Crippen LogP contribution in [0.15, 0.2) is 66.0 Å². The Bertz CT molecular complexity index is 1030. The van der Waals surface area contributed by atoms with Crippen molar-refractivity contribution >= 4 is 11.8 Å². The first-order chi connectivity index (χ1) is 16.2. The number of carbonyl (C=O) groups is 1. The van der Waals surface area contributed by atoms with E-state index in [1.165, 1.54) is 0 Å². The highest BCUT2D eigenvalue weighted by molar-refractivity contribution is 5.90. The van der Waals surface area contributed by atoms with Crippen LogP contribution in [0.2, 0.25) is 0 Å². The molecule has 0 aromatic heterocycles. The lowest BCUT2D eigenvalue weighted by Gasteiger charge is -2.33. The SMILES string of the molecule is COC1=CC=C2NC=CC=C2N1CCCCC[C@H]1CN(c2ccc3c(c2)OCCO3)C(=O)O1. The molecular weight excluding hydrogens is 422 g/mol. The van der Waals surface area contributed by atoms with Crippen LogP contribution >= 0.6 is 0 Å². The fourth-order valence-electron chi connectivity index (χ4n) is 4.48. The van der Waals surface area contributed by atoms with E-state index in [2.05, 4.69) is 16.3 Å². The number of hydrogen-bond donors (Lipinski definition) is 1. The van der Waals surface area contributed by atoms with Gasteiger partial charge < -0.3 is 29.2 Å². The van der Waals surface area contributed by atoms with Gasteiger partial charge in [0, 0.05) is 24.9 Å². The number of fused-ring (bicyclic) bond motifs is 2. The number of amides is 1. The Kier molecular flexibility index (Phi) is 6.15. The third-order valence-electron chi connectivity index (χ3n) is 6.14. The second-order valence-corrected chi connectivity index (χ2v) is 8.29. The summed E-state index contributed by atoms with van der Waals surface area (Å²) in [6.07, 6.45) is 13.5. The molecule has 1 fully saturated rings. The Hall–Kier alpha value is -3.55. The quantitative estimate of drug-likeness (QED) is 0.598. The fourth-order valence-corrected chi connectivity index (χ4v) is 4.48. The van der Waals surface area contributed by atoms with Crippen LogP contribution in [0.5, 0.6) is 11.5 Å². The summed E-state index contributed by atoms with van der Waals surface area (Å²) >= 11 is 0. The van der Waals surface area contributed by atoms with Gasteiger partial charge in [-0.2, -0.15) is 0 Å². The van der Waals surface area contributed by atoms with Crippen molar-refractivity contribution in [1.82, 2.24) is 10.2 Å². The number of benzene rings is 1. The molecule has 5 rings (SSSR count). The molecule has 1 saturated heterocycles. The molecular formula is C25H29N3O5. The molecule has 4 aliphatic rings. The summed E-state index contributed by atoms with van der Waals surface area (Å²) < 4.78 is 22.4. The van der Waals surface area contributed by atoms with Crippen LogP contribution in [-0.4, -0.2) is 50.5 Å². The molecule has 0 bridgehead atoms. The fraction of sp³-hybridized carbons (Fsp3) is 0.400. The number of unbranched alkanes of at least 4 members (excludes halogenated alkanes) is 2. The minimum absolute atomic E-state index is 0.0972. The normalized spacial score (nSPS) is 20.9. The van der Waals surface area contributed by atoms with Crippen molar-refractivity contribution in [2.24, 2.45) is 0 Å². The lowest BCUT2D eigenvalue weighted by molar-refractivity contribution is 0.134. The summed E-state index contributed by atoms with van der Waals surface area (Å²) in [5, 5.41) is 3.28. The molecule has 4 heterocycles. The van der Waals surface area contributed by atoms with Crippen LogP contribution in [0.4, 0.5) is 10.5 Å². The van der Waals surface area contributed by atoms with Crippen molar-refractivity contribution in [1.29, 1.82) is 0 Å². The molecule has 1 aromatic carbocycles. The maximum Gasteiger partial charge on any atom is 0.414 e. The van der Waals surface area contributed by atoms with Crippen LogP contribution in [-0.2, 0) is 9.47 Å². The number of dihydropyridines is 1. The summed E-state index contributed by atoms with van der Waals surface area (Å²) in [5.74, 6) is 2.24. The van der Waals surface area contributed by atoms with E-state index in [1.807, 2.05) is 42.6 Å². The molecule has 174 valence electrons. The van der Waals surface area contributed by atoms with E-state index < -0.39 is 0 Å². The van der Waals surface area contributed by atoms with Gasteiger partial charge >= 0.3 is 6.09 Å². The zero-order valence-corrected chi connectivity index (χ0v) is 18.8. The minimum Gasteiger partial charge on any atom is -0.486 e. The van der Waals surface area contributed by atoms with Gasteiger partial charge in [0.05, 0.1) is 30.7 Å². The van der Waals surface area contributed by atoms with Crippen molar-refractivity contribution < 1.29 is 23.7 Å². The van der Waals surface area contributed by atoms with Gasteiger partial charge in [-0.05, 0) is 49.6 Å². The third kappa shape index (κ3) is 4.51. The maximum absolute atomic E-state index is 12.4. The van der Waals surface area contributed by atoms with Crippen molar-refractivity contribution in [3.05, 3.63) is 66.0 Å². The molecule has 0 spiro atoms. The summed E-state index contributed by atoms with van der Waals surface area (Å²) in [6, 6.07) is 5.58. The zero-order chi connectivity index (χ0) is 22.6. The second kappa shape index (κ2) is 9.52. The Morgan fingerprint density at radius 3 is 2.85 bits per heavy atom. The van der Waals surface area contributed by atoms with E-state index in [1.54, 1.807) is 12.0 Å². The topological polar surface area (TPSA) is 72.5 Å². The lowest BCUT2D eigenvalue weighted by atomic mass is 10.1. The molecule has 1 N–H and O–H groups in total. The largest absolute Gasteiger partial charge is 0.486 e. The van der Waals surface area contributed by atoms with Crippen molar-refractivity contribution in [3.8, 4) is 11.5 Å². The number of allylic oxidation sites excluding steroid dienone is 4. The van der Waals surface area contributed by atoms with Crippen molar-refractivity contribution in [2.75, 3.05) is 38.3 Å². The van der Waals surface area contributed by atoms with E-state index in [9.17, 15) is 4.79 Å². The van der Waals surface area contributed by atoms with E-state index in [0.29, 0.717) is 31.3 Å². The first-order valence-corrected chi connectivity index (χ1v) is 11.5. The van der Waals surface area contributed by atoms with Gasteiger partial charge in [-0.15, -0.1) is 0 Å². The molecule has 33 heavy (non-hydrogen) atoms. The Labute approximate surface area is 193 Å². The van der Waals surface area contributed by atoms with Gasteiger partial charge in [-0.1, -0.05) is 6.42 Å². The molecule has 4 aliphatic heterocycles. The predicted octanol–water partition coefficient (Wildman–Crippen LogP) is 4.03. The van der Waals surface area contributed by atoms with E-state index >= 15 is 0 Å². The Morgan fingerprint density at radius 2 is 1.97 bits per heavy atom. The number of rotatable bonds is 8. The molecule has 8 heteroatoms. The molecule has 0 radical (unpaired) electrons. The molecule has 1 atom stereocenters. The summed E-state index contributed by atoms with van der Waals surface area (Å²) in [6.45, 7) is 2.49. The Balaban J connectivity index is 1.09. The molecule has 1 amide bonds. The van der Waals surface area contributed by atoms with Gasteiger partial charge in [0.15, 0.2) is 17.4 Å². The van der Waals surface area contributed by atoms with Crippen LogP contribution in [0.1, 0.15) is 25.7 Å². The molecule has 1 aromatic rings. The van der Waals surface area contributed by atoms with Gasteiger partial charge in [-0.3, -0.25) is 4.90 Å². The number of ether oxygens (including phenoxy) is 4. The smallest absolute Gasteiger partial charge is 0.414 e. The standard InChI is InChI=1S/C25H29N3O5/c1-30-24-11-9-20-21(7-5-12-26-20)27(24)13-4-2-3-6-19-17-28(25(29)33-19)18-8-10-22-23(16-18)32-15-14-31-22/h5,7-12,16,19,26H,2-4,6,13-15,17H2,1H3/t19-/m0/s1. The van der Waals surface area contributed by atoms with Gasteiger partial charge in [0.2, 0.25) is 0 Å². The summed E-state index contributed by atoms with van der Waals surface area (Å²) in [4.78, 5) is 16.3. The Morgan fingerprint density at radius 1 is 1.09 bits per heavy atom. The summed E-state index contributed by atoms with van der Waals surface area (Å²) in [5.41, 5.74) is 2.98. The minimum atomic E-state index is -0.302. The first kappa shape index (κ1) is 21.3. The number of anilines is 1. The molecule has 8 nitrogen and oxygen atoms in total. The third-order valence-corrected chi connectivity index (χ3v) is 6.14. The number of carbonyl (C=O) groups excluding carboxylic acids is 1. The number of nitrogens with zero attached hydrogens (tertiary/aromatic N) is 2. The predicted molar refractivity (Wildman–Crippen MR) is 124 cm³/mol. The highest BCUT2D eigenvalue weighted by Gasteiger charge is 2.32. The highest BCUT2D eigenvalue weighted by Crippen LogP contribution is 2.35. The molecule has 0 saturated carbocycles. The van der Waals surface area contributed by atoms with Crippen LogP contribution in [0, 0.1) is 0 Å². The van der Waals surface area contributed by atoms with Crippen molar-refractivity contribution in [3.63, 3.8) is 0 Å². The van der Waals surface area contributed by atoms with Gasteiger partial charge in [0.25, 0.3) is 0 Å². The molecule has 0 aliphatic carbocycles. The maximum atomic E-state index is 12.4. The van der Waals surface area contributed by atoms with E-state index in [-0.39, 0.29) is 12.2 Å². The number of cyclic esters (lactones) is 1. The van der Waals surface area contributed by atoms with Crippen LogP contribution in [0.3, 0.4) is 0 Å². The summed E-state index contributed by atoms with van der Waals surface area (Å²) in [7, 11) is 1.70. The van der Waals surface area contributed by atoms with Crippen LogP contribution in [0.25, 0.3) is 0 Å². The average Bonchev–Trinajstić information content (AvgIpc) is 3.23. The number of methoxy groups -OCH3 is 1. The first-order valence-electron chi connectivity index (χ1n) is 11.5. The van der Waals surface area contributed by atoms with Gasteiger partial charge in [0.1, 0.15) is 19.3 Å². The number of nitrogens with one attached hydrogen (secondary N) is 1. The highest BCUT2D eigenvalue weighted by atomic mass is 16.6. The van der Waals surface area contributed by atoms with Crippen molar-refractivity contribution in [2.45, 2.75) is 31.8 Å². The monoisotopic (exact) mass is 451 g/mol. The molecule has 0 unspecified atom stereocenters. The zero-order valence-electron chi connectivity index (χ0n) is 18.8. The second-order valence-electron chi connectivity index (χ2n) is 8.29. The lowest BCUT2D eigenvalue weighted by Crippen LogP contribution is -2.31. The average molecular weight is 452 g/mol.